The van der Waals surface area contributed by atoms with Crippen LogP contribution in [-0.2, 0) is 16.5 Å². The molecule has 38 heavy (non-hydrogen) atoms. The van der Waals surface area contributed by atoms with Crippen molar-refractivity contribution in [2.75, 3.05) is 11.9 Å². The van der Waals surface area contributed by atoms with Crippen LogP contribution in [0.15, 0.2) is 81.9 Å². The van der Waals surface area contributed by atoms with Crippen LogP contribution in [0.3, 0.4) is 0 Å². The monoisotopic (exact) mass is 553 g/mol. The highest BCUT2D eigenvalue weighted by molar-refractivity contribution is 7.86. The number of benzene rings is 4. The largest absolute Gasteiger partial charge is 0.505 e. The fraction of sp³-hybridized carbons (Fsp3) is 0.148. The number of azo groups is 1. The molecule has 0 saturated heterocycles. The zero-order chi connectivity index (χ0) is 27.4. The number of fused-ring (bicyclic) bond motifs is 1. The maximum atomic E-state index is 13.1. The number of ether oxygens (including phenoxy) is 1. The predicted octanol–water partition coefficient (Wildman–Crippen LogP) is 7.07. The normalized spacial score (nSPS) is 11.7. The molecule has 9 nitrogen and oxygen atoms in total. The van der Waals surface area contributed by atoms with Crippen LogP contribution < -0.4 is 10.1 Å². The van der Waals surface area contributed by atoms with E-state index in [1.807, 2.05) is 13.8 Å². The molecular weight excluding hydrogens is 530 g/mol. The Morgan fingerprint density at radius 3 is 2.39 bits per heavy atom. The number of hydrogen-bond acceptors (Lipinski definition) is 7. The third-order valence-electron chi connectivity index (χ3n) is 5.71. The number of aromatic hydroxyl groups is 1. The maximum absolute atomic E-state index is 13.1. The highest BCUT2D eigenvalue weighted by Gasteiger charge is 2.20. The van der Waals surface area contributed by atoms with Gasteiger partial charge in [-0.05, 0) is 66.8 Å². The van der Waals surface area contributed by atoms with E-state index in [1.165, 1.54) is 6.07 Å². The summed E-state index contributed by atoms with van der Waals surface area (Å²) in [5.74, 6) is -0.311. The number of hydrogen-bond donors (Lipinski definition) is 3. The summed E-state index contributed by atoms with van der Waals surface area (Å²) >= 11 is 6.03. The van der Waals surface area contributed by atoms with Crippen LogP contribution in [0.1, 0.15) is 29.8 Å². The van der Waals surface area contributed by atoms with Crippen molar-refractivity contribution in [2.45, 2.75) is 25.2 Å². The molecule has 0 saturated carbocycles. The lowest BCUT2D eigenvalue weighted by Crippen LogP contribution is -2.12. The molecule has 4 aromatic carbocycles. The first kappa shape index (κ1) is 27.1. The highest BCUT2D eigenvalue weighted by atomic mass is 35.5. The van der Waals surface area contributed by atoms with Gasteiger partial charge in [0.15, 0.2) is 5.75 Å². The molecule has 196 valence electrons. The molecule has 4 aromatic rings. The van der Waals surface area contributed by atoms with E-state index >= 15 is 0 Å². The van der Waals surface area contributed by atoms with Crippen molar-refractivity contribution >= 4 is 55.5 Å². The van der Waals surface area contributed by atoms with Crippen LogP contribution in [0.5, 0.6) is 11.5 Å². The molecule has 0 spiro atoms. The van der Waals surface area contributed by atoms with E-state index in [1.54, 1.807) is 54.6 Å². The van der Waals surface area contributed by atoms with Crippen LogP contribution in [0, 0.1) is 0 Å². The second kappa shape index (κ2) is 11.2. The molecule has 0 fully saturated rings. The molecule has 4 rings (SSSR count). The number of phenols is 1. The third-order valence-corrected chi connectivity index (χ3v) is 7.03. The summed E-state index contributed by atoms with van der Waals surface area (Å²) in [6.45, 7) is 4.20. The molecule has 1 amide bonds. The van der Waals surface area contributed by atoms with Crippen LogP contribution in [-0.4, -0.2) is 30.6 Å². The van der Waals surface area contributed by atoms with Crippen LogP contribution >= 0.6 is 11.6 Å². The average molecular weight is 554 g/mol. The molecule has 11 heteroatoms. The van der Waals surface area contributed by atoms with Gasteiger partial charge in [0.2, 0.25) is 0 Å². The molecule has 0 atom stereocenters. The second-order valence-electron chi connectivity index (χ2n) is 8.19. The average Bonchev–Trinajstić information content (AvgIpc) is 2.88. The second-order valence-corrected chi connectivity index (χ2v) is 9.99. The number of carbonyl (C=O) groups excluding carboxylic acids is 1. The Balaban J connectivity index is 1.77. The van der Waals surface area contributed by atoms with Gasteiger partial charge < -0.3 is 15.2 Å². The Hall–Kier alpha value is -3.99. The minimum atomic E-state index is -4.60. The van der Waals surface area contributed by atoms with Crippen molar-refractivity contribution < 1.29 is 27.6 Å². The van der Waals surface area contributed by atoms with Gasteiger partial charge in [-0.1, -0.05) is 42.8 Å². The summed E-state index contributed by atoms with van der Waals surface area (Å²) < 4.78 is 38.4. The first-order valence-electron chi connectivity index (χ1n) is 11.6. The number of halogens is 1. The van der Waals surface area contributed by atoms with Crippen molar-refractivity contribution in [3.05, 3.63) is 82.9 Å². The first-order valence-corrected chi connectivity index (χ1v) is 13.4. The number of rotatable bonds is 8. The highest BCUT2D eigenvalue weighted by Crippen LogP contribution is 2.40. The van der Waals surface area contributed by atoms with E-state index in [4.69, 9.17) is 16.3 Å². The number of anilines is 1. The van der Waals surface area contributed by atoms with Crippen molar-refractivity contribution in [3.8, 4) is 11.5 Å². The summed E-state index contributed by atoms with van der Waals surface area (Å²) in [6.07, 6.45) is 0.442. The van der Waals surface area contributed by atoms with E-state index < -0.39 is 26.7 Å². The fourth-order valence-corrected chi connectivity index (χ4v) is 4.90. The maximum Gasteiger partial charge on any atom is 0.296 e. The quantitative estimate of drug-likeness (QED) is 0.157. The minimum absolute atomic E-state index is 0.0188. The van der Waals surface area contributed by atoms with E-state index in [0.717, 1.165) is 6.07 Å². The molecule has 3 N–H and O–H groups in total. The number of phenolic OH excluding ortho intramolecular Hbond substituents is 1. The summed E-state index contributed by atoms with van der Waals surface area (Å²) in [7, 11) is -4.60. The predicted molar refractivity (Wildman–Crippen MR) is 146 cm³/mol. The van der Waals surface area contributed by atoms with Crippen molar-refractivity contribution in [1.29, 1.82) is 0 Å². The van der Waals surface area contributed by atoms with Gasteiger partial charge in [0.05, 0.1) is 22.9 Å². The summed E-state index contributed by atoms with van der Waals surface area (Å²) in [5, 5.41) is 23.2. The molecule has 0 aliphatic carbocycles. The lowest BCUT2D eigenvalue weighted by molar-refractivity contribution is 0.102. The van der Waals surface area contributed by atoms with Crippen LogP contribution in [0.4, 0.5) is 17.1 Å². The summed E-state index contributed by atoms with van der Waals surface area (Å²) in [5.41, 5.74) is 1.19. The van der Waals surface area contributed by atoms with E-state index in [2.05, 4.69) is 15.5 Å². The Morgan fingerprint density at radius 2 is 1.74 bits per heavy atom. The van der Waals surface area contributed by atoms with Gasteiger partial charge in [0.1, 0.15) is 16.3 Å². The molecule has 0 bridgehead atoms. The van der Waals surface area contributed by atoms with Gasteiger partial charge in [-0.25, -0.2) is 0 Å². The van der Waals surface area contributed by atoms with Crippen LogP contribution in [0.25, 0.3) is 10.8 Å². The van der Waals surface area contributed by atoms with Gasteiger partial charge >= 0.3 is 0 Å². The standard InChI is InChI=1S/C27H24ClN3O6S/c1-3-16-14-22(28)24(38(34,35)36)15-23(16)30-31-25-20-8-6-5-7-17(20)13-21(26(25)32)27(33)29-18-9-11-19(12-10-18)37-4-2/h5-15,32H,3-4H2,1-2H3,(H,29,33)(H,34,35,36). The summed E-state index contributed by atoms with van der Waals surface area (Å²) in [4.78, 5) is 12.6. The smallest absolute Gasteiger partial charge is 0.296 e. The van der Waals surface area contributed by atoms with Crippen LogP contribution in [0.2, 0.25) is 5.02 Å². The minimum Gasteiger partial charge on any atom is -0.505 e. The SMILES string of the molecule is CCOc1ccc(NC(=O)c2cc3ccccc3c(N=Nc3cc(S(=O)(=O)O)c(Cl)cc3CC)c2O)cc1. The number of amides is 1. The number of aryl methyl sites for hydroxylation is 1. The Kier molecular flexibility index (Phi) is 7.96. The molecule has 0 radical (unpaired) electrons. The van der Waals surface area contributed by atoms with Crippen molar-refractivity contribution in [2.24, 2.45) is 10.2 Å². The number of carbonyl (C=O) groups is 1. The lowest BCUT2D eigenvalue weighted by Gasteiger charge is -2.12. The van der Waals surface area contributed by atoms with E-state index in [0.29, 0.717) is 40.8 Å². The molecular formula is C27H24ClN3O6S. The third kappa shape index (κ3) is 5.77. The lowest BCUT2D eigenvalue weighted by atomic mass is 10.0. The molecule has 0 unspecified atom stereocenters. The topological polar surface area (TPSA) is 138 Å². The van der Waals surface area contributed by atoms with Gasteiger partial charge in [-0.2, -0.15) is 13.5 Å². The fourth-order valence-electron chi connectivity index (χ4n) is 3.85. The first-order chi connectivity index (χ1) is 18.1. The molecule has 0 aliphatic rings. The van der Waals surface area contributed by atoms with Crippen molar-refractivity contribution in [1.82, 2.24) is 0 Å². The van der Waals surface area contributed by atoms with Gasteiger partial charge in [0, 0.05) is 11.1 Å². The number of nitrogens with one attached hydrogen (secondary N) is 1. The van der Waals surface area contributed by atoms with E-state index in [-0.39, 0.29) is 22.0 Å². The Morgan fingerprint density at radius 1 is 1.03 bits per heavy atom. The zero-order valence-electron chi connectivity index (χ0n) is 20.5. The Labute approximate surface area is 224 Å². The van der Waals surface area contributed by atoms with Gasteiger partial charge in [-0.3, -0.25) is 9.35 Å². The molecule has 0 heterocycles. The Bertz CT molecular complexity index is 1650. The zero-order valence-corrected chi connectivity index (χ0v) is 22.0. The molecule has 0 aromatic heterocycles. The number of nitrogens with zero attached hydrogens (tertiary/aromatic N) is 2. The van der Waals surface area contributed by atoms with Crippen molar-refractivity contribution in [3.63, 3.8) is 0 Å². The van der Waals surface area contributed by atoms with Gasteiger partial charge in [0.25, 0.3) is 16.0 Å². The van der Waals surface area contributed by atoms with E-state index in [9.17, 15) is 22.9 Å². The molecule has 0 aliphatic heterocycles. The van der Waals surface area contributed by atoms with Gasteiger partial charge in [-0.15, -0.1) is 5.11 Å². The summed E-state index contributed by atoms with van der Waals surface area (Å²) in [6, 6.07) is 17.8.